The molecule has 0 bridgehead atoms. The van der Waals surface area contributed by atoms with Crippen molar-refractivity contribution in [2.24, 2.45) is 0 Å². The van der Waals surface area contributed by atoms with E-state index >= 15 is 0 Å². The lowest BCUT2D eigenvalue weighted by molar-refractivity contribution is -0.126. The maximum Gasteiger partial charge on any atom is 0.321 e. The first-order valence-electron chi connectivity index (χ1n) is 10.1. The molecule has 2 aromatic rings. The molecule has 2 N–H and O–H groups in total. The fourth-order valence-electron chi connectivity index (χ4n) is 3.88. The van der Waals surface area contributed by atoms with Gasteiger partial charge in [-0.25, -0.2) is 4.79 Å². The summed E-state index contributed by atoms with van der Waals surface area (Å²) in [6.45, 7) is 4.19. The molecule has 2 heterocycles. The largest absolute Gasteiger partial charge is 0.454 e. The number of fused-ring (bicyclic) bond motifs is 1. The number of piperazine rings is 1. The summed E-state index contributed by atoms with van der Waals surface area (Å²) in [5.74, 6) is 1.27. The average Bonchev–Trinajstić information content (AvgIpc) is 3.24. The van der Waals surface area contributed by atoms with Gasteiger partial charge in [0.05, 0.1) is 0 Å². The third-order valence-electron chi connectivity index (χ3n) is 5.44. The zero-order chi connectivity index (χ0) is 20.9. The number of rotatable bonds is 5. The summed E-state index contributed by atoms with van der Waals surface area (Å²) in [5, 5.41) is 4.87. The molecular formula is C22H26N4O4. The predicted octanol–water partition coefficient (Wildman–Crippen LogP) is 1.73. The van der Waals surface area contributed by atoms with Crippen molar-refractivity contribution in [3.8, 4) is 11.5 Å². The van der Waals surface area contributed by atoms with E-state index in [1.54, 1.807) is 0 Å². The zero-order valence-electron chi connectivity index (χ0n) is 17.0. The molecule has 8 nitrogen and oxygen atoms in total. The highest BCUT2D eigenvalue weighted by atomic mass is 16.7. The number of carbonyl (C=O) groups excluding carboxylic acids is 2. The summed E-state index contributed by atoms with van der Waals surface area (Å²) < 4.78 is 10.8. The van der Waals surface area contributed by atoms with Gasteiger partial charge in [-0.05, 0) is 23.3 Å². The minimum absolute atomic E-state index is 0.274. The van der Waals surface area contributed by atoms with Gasteiger partial charge in [-0.1, -0.05) is 36.4 Å². The number of nitrogens with zero attached hydrogens (tertiary/aromatic N) is 2. The highest BCUT2D eigenvalue weighted by Crippen LogP contribution is 2.33. The lowest BCUT2D eigenvalue weighted by Gasteiger charge is -2.38. The topological polar surface area (TPSA) is 83.1 Å². The number of hydrogen-bond donors (Lipinski definition) is 2. The van der Waals surface area contributed by atoms with Crippen LogP contribution in [0.2, 0.25) is 0 Å². The second kappa shape index (κ2) is 9.15. The van der Waals surface area contributed by atoms with Gasteiger partial charge in [0.2, 0.25) is 12.7 Å². The van der Waals surface area contributed by atoms with Crippen molar-refractivity contribution >= 4 is 11.9 Å². The maximum atomic E-state index is 12.8. The molecule has 2 aliphatic heterocycles. The third-order valence-corrected chi connectivity index (χ3v) is 5.44. The van der Waals surface area contributed by atoms with Crippen LogP contribution in [0.4, 0.5) is 4.79 Å². The number of nitrogens with one attached hydrogen (secondary N) is 2. The highest BCUT2D eigenvalue weighted by Gasteiger charge is 2.31. The SMILES string of the molecule is CNC(=O)NC(=O)[C@@H](c1ccccc1)N1CCN(Cc2ccc3c(c2)OCO3)CC1. The Morgan fingerprint density at radius 2 is 1.73 bits per heavy atom. The van der Waals surface area contributed by atoms with Crippen LogP contribution in [0.25, 0.3) is 0 Å². The summed E-state index contributed by atoms with van der Waals surface area (Å²) >= 11 is 0. The standard InChI is InChI=1S/C22H26N4O4/c1-23-22(28)24-21(27)20(17-5-3-2-4-6-17)26-11-9-25(10-12-26)14-16-7-8-18-19(13-16)30-15-29-18/h2-8,13,20H,9-12,14-15H2,1H3,(H2,23,24,27,28)/t20-/m1/s1. The number of hydrogen-bond acceptors (Lipinski definition) is 6. The van der Waals surface area contributed by atoms with Crippen LogP contribution in [-0.2, 0) is 11.3 Å². The summed E-state index contributed by atoms with van der Waals surface area (Å²) in [7, 11) is 1.50. The van der Waals surface area contributed by atoms with Crippen LogP contribution >= 0.6 is 0 Å². The molecule has 0 radical (unpaired) electrons. The monoisotopic (exact) mass is 410 g/mol. The number of carbonyl (C=O) groups is 2. The number of imide groups is 1. The minimum atomic E-state index is -0.504. The molecular weight excluding hydrogens is 384 g/mol. The first-order chi connectivity index (χ1) is 14.6. The predicted molar refractivity (Wildman–Crippen MR) is 111 cm³/mol. The van der Waals surface area contributed by atoms with Crippen LogP contribution in [-0.4, -0.2) is 61.8 Å². The summed E-state index contributed by atoms with van der Waals surface area (Å²) in [5.41, 5.74) is 2.05. The smallest absolute Gasteiger partial charge is 0.321 e. The Balaban J connectivity index is 1.41. The van der Waals surface area contributed by atoms with Gasteiger partial charge in [0, 0.05) is 39.8 Å². The van der Waals surface area contributed by atoms with Crippen LogP contribution in [0, 0.1) is 0 Å². The zero-order valence-corrected chi connectivity index (χ0v) is 17.0. The normalized spacial score (nSPS) is 17.4. The second-order valence-electron chi connectivity index (χ2n) is 7.38. The fourth-order valence-corrected chi connectivity index (χ4v) is 3.88. The van der Waals surface area contributed by atoms with Gasteiger partial charge in [-0.2, -0.15) is 0 Å². The fraction of sp³-hybridized carbons (Fsp3) is 0.364. The first kappa shape index (κ1) is 20.2. The highest BCUT2D eigenvalue weighted by molar-refractivity contribution is 5.97. The Morgan fingerprint density at radius 3 is 2.47 bits per heavy atom. The number of amides is 3. The number of ether oxygens (including phenoxy) is 2. The molecule has 0 aliphatic carbocycles. The molecule has 0 unspecified atom stereocenters. The van der Waals surface area contributed by atoms with Gasteiger partial charge in [-0.15, -0.1) is 0 Å². The van der Waals surface area contributed by atoms with Crippen LogP contribution in [0.5, 0.6) is 11.5 Å². The van der Waals surface area contributed by atoms with Gasteiger partial charge in [0.25, 0.3) is 0 Å². The van der Waals surface area contributed by atoms with Crippen molar-refractivity contribution in [2.45, 2.75) is 12.6 Å². The Labute approximate surface area is 175 Å². The summed E-state index contributed by atoms with van der Waals surface area (Å²) in [6, 6.07) is 14.6. The summed E-state index contributed by atoms with van der Waals surface area (Å²) in [4.78, 5) is 29.0. The molecule has 2 aliphatic rings. The molecule has 0 spiro atoms. The van der Waals surface area contributed by atoms with Gasteiger partial charge in [-0.3, -0.25) is 19.9 Å². The van der Waals surface area contributed by atoms with Gasteiger partial charge in [0.15, 0.2) is 11.5 Å². The van der Waals surface area contributed by atoms with E-state index in [9.17, 15) is 9.59 Å². The summed E-state index contributed by atoms with van der Waals surface area (Å²) in [6.07, 6.45) is 0. The van der Waals surface area contributed by atoms with Gasteiger partial charge in [0.1, 0.15) is 6.04 Å². The van der Waals surface area contributed by atoms with E-state index in [0.717, 1.165) is 49.8 Å². The van der Waals surface area contributed by atoms with Crippen molar-refractivity contribution in [1.29, 1.82) is 0 Å². The first-order valence-corrected chi connectivity index (χ1v) is 10.1. The number of benzene rings is 2. The molecule has 1 saturated heterocycles. The van der Waals surface area contributed by atoms with Crippen molar-refractivity contribution in [3.05, 3.63) is 59.7 Å². The van der Waals surface area contributed by atoms with Crippen molar-refractivity contribution in [1.82, 2.24) is 20.4 Å². The van der Waals surface area contributed by atoms with Crippen molar-refractivity contribution < 1.29 is 19.1 Å². The van der Waals surface area contributed by atoms with E-state index < -0.39 is 12.1 Å². The maximum absolute atomic E-state index is 12.8. The van der Waals surface area contributed by atoms with E-state index in [4.69, 9.17) is 9.47 Å². The second-order valence-corrected chi connectivity index (χ2v) is 7.38. The molecule has 0 aromatic heterocycles. The van der Waals surface area contributed by atoms with E-state index in [2.05, 4.69) is 26.5 Å². The third kappa shape index (κ3) is 4.55. The van der Waals surface area contributed by atoms with Gasteiger partial charge >= 0.3 is 6.03 Å². The van der Waals surface area contributed by atoms with E-state index in [-0.39, 0.29) is 12.7 Å². The molecule has 1 fully saturated rings. The quantitative estimate of drug-likeness (QED) is 0.781. The molecule has 3 amide bonds. The van der Waals surface area contributed by atoms with Crippen molar-refractivity contribution in [2.75, 3.05) is 40.0 Å². The van der Waals surface area contributed by atoms with E-state index in [0.29, 0.717) is 0 Å². The van der Waals surface area contributed by atoms with Crippen LogP contribution in [0.15, 0.2) is 48.5 Å². The lowest BCUT2D eigenvalue weighted by atomic mass is 10.0. The van der Waals surface area contributed by atoms with Crippen LogP contribution < -0.4 is 20.1 Å². The molecule has 4 rings (SSSR count). The average molecular weight is 410 g/mol. The van der Waals surface area contributed by atoms with E-state index in [1.165, 1.54) is 12.6 Å². The lowest BCUT2D eigenvalue weighted by Crippen LogP contribution is -2.52. The molecule has 0 saturated carbocycles. The molecule has 8 heteroatoms. The molecule has 30 heavy (non-hydrogen) atoms. The van der Waals surface area contributed by atoms with Crippen LogP contribution in [0.1, 0.15) is 17.2 Å². The Hall–Kier alpha value is -3.10. The minimum Gasteiger partial charge on any atom is -0.454 e. The van der Waals surface area contributed by atoms with Gasteiger partial charge < -0.3 is 14.8 Å². The van der Waals surface area contributed by atoms with E-state index in [1.807, 2.05) is 42.5 Å². The Bertz CT molecular complexity index is 897. The Kier molecular flexibility index (Phi) is 6.15. The Morgan fingerprint density at radius 1 is 1.00 bits per heavy atom. The number of urea groups is 1. The molecule has 1 atom stereocenters. The molecule has 158 valence electrons. The van der Waals surface area contributed by atoms with Crippen LogP contribution in [0.3, 0.4) is 0 Å². The van der Waals surface area contributed by atoms with Crippen molar-refractivity contribution in [3.63, 3.8) is 0 Å². The molecule has 2 aromatic carbocycles.